The van der Waals surface area contributed by atoms with Crippen molar-refractivity contribution in [1.29, 1.82) is 5.26 Å². The largest absolute Gasteiger partial charge is 0.493 e. The summed E-state index contributed by atoms with van der Waals surface area (Å²) in [6.07, 6.45) is 1.83. The molecule has 0 aliphatic heterocycles. The van der Waals surface area contributed by atoms with E-state index in [-0.39, 0.29) is 11.5 Å². The first-order chi connectivity index (χ1) is 11.9. The van der Waals surface area contributed by atoms with E-state index in [1.165, 1.54) is 19.2 Å². The highest BCUT2D eigenvalue weighted by Gasteiger charge is 2.43. The molecule has 1 saturated carbocycles. The van der Waals surface area contributed by atoms with Crippen LogP contribution in [0.3, 0.4) is 0 Å². The second kappa shape index (κ2) is 7.88. The quantitative estimate of drug-likeness (QED) is 0.724. The van der Waals surface area contributed by atoms with Crippen molar-refractivity contribution >= 4 is 11.9 Å². The van der Waals surface area contributed by atoms with Gasteiger partial charge in [0.25, 0.3) is 5.91 Å². The van der Waals surface area contributed by atoms with Gasteiger partial charge in [0.05, 0.1) is 25.3 Å². The number of nitriles is 1. The summed E-state index contributed by atoms with van der Waals surface area (Å²) in [5.74, 6) is -0.0589. The minimum atomic E-state index is -0.911. The maximum atomic E-state index is 12.1. The lowest BCUT2D eigenvalue weighted by molar-refractivity contribution is -0.125. The van der Waals surface area contributed by atoms with Gasteiger partial charge in [0, 0.05) is 0 Å². The maximum Gasteiger partial charge on any atom is 0.338 e. The summed E-state index contributed by atoms with van der Waals surface area (Å²) < 4.78 is 15.6. The van der Waals surface area contributed by atoms with E-state index in [0.29, 0.717) is 18.1 Å². The van der Waals surface area contributed by atoms with Crippen LogP contribution in [-0.4, -0.2) is 37.7 Å². The zero-order chi connectivity index (χ0) is 18.4. The minimum absolute atomic E-state index is 0.160. The minimum Gasteiger partial charge on any atom is -0.493 e. The average Bonchev–Trinajstić information content (AvgIpc) is 3.45. The molecule has 25 heavy (non-hydrogen) atoms. The van der Waals surface area contributed by atoms with Gasteiger partial charge in [0.2, 0.25) is 0 Å². The molecule has 1 aromatic rings. The summed E-state index contributed by atoms with van der Waals surface area (Å²) in [7, 11) is 1.47. The second-order valence-corrected chi connectivity index (χ2v) is 6.01. The molecule has 1 aliphatic carbocycles. The summed E-state index contributed by atoms with van der Waals surface area (Å²) >= 11 is 0. The first-order valence-electron chi connectivity index (χ1n) is 8.13. The molecule has 0 bridgehead atoms. The van der Waals surface area contributed by atoms with E-state index in [1.807, 2.05) is 6.92 Å². The van der Waals surface area contributed by atoms with Crippen molar-refractivity contribution in [2.75, 3.05) is 20.3 Å². The molecule has 134 valence electrons. The highest BCUT2D eigenvalue weighted by molar-refractivity contribution is 5.92. The summed E-state index contributed by atoms with van der Waals surface area (Å²) in [6, 6.07) is 6.76. The first kappa shape index (κ1) is 18.6. The van der Waals surface area contributed by atoms with Crippen molar-refractivity contribution in [3.05, 3.63) is 23.8 Å². The lowest BCUT2D eigenvalue weighted by Gasteiger charge is -2.22. The highest BCUT2D eigenvalue weighted by Crippen LogP contribution is 2.39. The van der Waals surface area contributed by atoms with Crippen LogP contribution in [0.2, 0.25) is 0 Å². The number of esters is 1. The number of methoxy groups -OCH3 is 1. The molecule has 0 saturated heterocycles. The van der Waals surface area contributed by atoms with E-state index in [1.54, 1.807) is 13.0 Å². The number of carbonyl (C=O) groups excluding carboxylic acids is 2. The molecule has 1 amide bonds. The third kappa shape index (κ3) is 4.63. The van der Waals surface area contributed by atoms with Gasteiger partial charge in [-0.1, -0.05) is 0 Å². The van der Waals surface area contributed by atoms with Crippen LogP contribution in [0.5, 0.6) is 11.5 Å². The number of carbonyl (C=O) groups is 2. The number of amides is 1. The van der Waals surface area contributed by atoms with E-state index < -0.39 is 24.0 Å². The molecule has 0 radical (unpaired) electrons. The molecule has 1 fully saturated rings. The number of nitrogens with one attached hydrogen (secondary N) is 1. The molecule has 1 atom stereocenters. The fourth-order valence-corrected chi connectivity index (χ4v) is 2.49. The zero-order valence-electron chi connectivity index (χ0n) is 14.6. The van der Waals surface area contributed by atoms with Gasteiger partial charge in [-0.05, 0) is 50.8 Å². The zero-order valence-corrected chi connectivity index (χ0v) is 14.6. The third-order valence-electron chi connectivity index (χ3n) is 4.06. The smallest absolute Gasteiger partial charge is 0.338 e. The number of nitrogens with zero attached hydrogens (tertiary/aromatic N) is 1. The van der Waals surface area contributed by atoms with Crippen LogP contribution in [0, 0.1) is 17.2 Å². The predicted octanol–water partition coefficient (Wildman–Crippen LogP) is 2.06. The fourth-order valence-electron chi connectivity index (χ4n) is 2.49. The van der Waals surface area contributed by atoms with Gasteiger partial charge in [-0.15, -0.1) is 0 Å². The molecule has 2 rings (SSSR count). The Morgan fingerprint density at radius 1 is 1.36 bits per heavy atom. The summed E-state index contributed by atoms with van der Waals surface area (Å²) in [5, 5.41) is 11.9. The molecular weight excluding hydrogens is 324 g/mol. The number of ether oxygens (including phenoxy) is 3. The molecule has 7 nitrogen and oxygen atoms in total. The van der Waals surface area contributed by atoms with Gasteiger partial charge < -0.3 is 19.5 Å². The van der Waals surface area contributed by atoms with Gasteiger partial charge >= 0.3 is 5.97 Å². The lowest BCUT2D eigenvalue weighted by atomic mass is 9.98. The molecule has 1 N–H and O–H groups in total. The van der Waals surface area contributed by atoms with Gasteiger partial charge in [0.1, 0.15) is 5.54 Å². The molecule has 0 spiro atoms. The second-order valence-electron chi connectivity index (χ2n) is 6.01. The molecule has 1 aliphatic rings. The summed E-state index contributed by atoms with van der Waals surface area (Å²) in [5.41, 5.74) is -0.662. The molecule has 7 heteroatoms. The Hall–Kier alpha value is -2.75. The van der Waals surface area contributed by atoms with Gasteiger partial charge in [-0.3, -0.25) is 4.79 Å². The Morgan fingerprint density at radius 3 is 2.64 bits per heavy atom. The van der Waals surface area contributed by atoms with Crippen molar-refractivity contribution < 1.29 is 23.8 Å². The standard InChI is InChI=1S/C18H22N2O5/c1-4-24-14-8-5-12(9-15(14)23-3)17(22)25-10-16(21)20-18(2,11-19)13-6-7-13/h5,8-9,13H,4,6-7,10H2,1-3H3,(H,20,21)/t18-/m0/s1. The van der Waals surface area contributed by atoms with Crippen molar-refractivity contribution in [2.24, 2.45) is 5.92 Å². The first-order valence-corrected chi connectivity index (χ1v) is 8.13. The van der Waals surface area contributed by atoms with E-state index >= 15 is 0 Å². The van der Waals surface area contributed by atoms with Crippen LogP contribution in [0.15, 0.2) is 18.2 Å². The van der Waals surface area contributed by atoms with Crippen LogP contribution >= 0.6 is 0 Å². The highest BCUT2D eigenvalue weighted by atomic mass is 16.5. The average molecular weight is 346 g/mol. The summed E-state index contributed by atoms with van der Waals surface area (Å²) in [6.45, 7) is 3.55. The Labute approximate surface area is 146 Å². The third-order valence-corrected chi connectivity index (χ3v) is 4.06. The summed E-state index contributed by atoms with van der Waals surface area (Å²) in [4.78, 5) is 24.1. The number of rotatable bonds is 8. The normalized spacial score (nSPS) is 15.4. The Morgan fingerprint density at radius 2 is 2.08 bits per heavy atom. The van der Waals surface area contributed by atoms with E-state index in [0.717, 1.165) is 12.8 Å². The van der Waals surface area contributed by atoms with Crippen molar-refractivity contribution in [2.45, 2.75) is 32.2 Å². The van der Waals surface area contributed by atoms with E-state index in [2.05, 4.69) is 11.4 Å². The van der Waals surface area contributed by atoms with E-state index in [9.17, 15) is 14.9 Å². The molecule has 0 unspecified atom stereocenters. The van der Waals surface area contributed by atoms with Gasteiger partial charge in [-0.25, -0.2) is 4.79 Å². The van der Waals surface area contributed by atoms with Crippen molar-refractivity contribution in [1.82, 2.24) is 5.32 Å². The van der Waals surface area contributed by atoms with Crippen LogP contribution in [0.25, 0.3) is 0 Å². The lowest BCUT2D eigenvalue weighted by Crippen LogP contribution is -2.48. The SMILES string of the molecule is CCOc1ccc(C(=O)OCC(=O)N[C@@](C)(C#N)C2CC2)cc1OC. The Kier molecular flexibility index (Phi) is 5.86. The maximum absolute atomic E-state index is 12.1. The Balaban J connectivity index is 1.93. The molecular formula is C18H22N2O5. The van der Waals surface area contributed by atoms with Crippen LogP contribution < -0.4 is 14.8 Å². The molecule has 0 aromatic heterocycles. The molecule has 1 aromatic carbocycles. The Bertz CT molecular complexity index is 693. The fraction of sp³-hybridized carbons (Fsp3) is 0.500. The number of hydrogen-bond donors (Lipinski definition) is 1. The number of benzene rings is 1. The van der Waals surface area contributed by atoms with E-state index in [4.69, 9.17) is 14.2 Å². The predicted molar refractivity (Wildman–Crippen MR) is 89.3 cm³/mol. The van der Waals surface area contributed by atoms with Crippen molar-refractivity contribution in [3.8, 4) is 17.6 Å². The number of hydrogen-bond acceptors (Lipinski definition) is 6. The van der Waals surface area contributed by atoms with Crippen LogP contribution in [0.1, 0.15) is 37.0 Å². The van der Waals surface area contributed by atoms with Crippen LogP contribution in [-0.2, 0) is 9.53 Å². The molecule has 0 heterocycles. The monoisotopic (exact) mass is 346 g/mol. The topological polar surface area (TPSA) is 97.6 Å². The van der Waals surface area contributed by atoms with Crippen molar-refractivity contribution in [3.63, 3.8) is 0 Å². The van der Waals surface area contributed by atoms with Crippen LogP contribution in [0.4, 0.5) is 0 Å². The van der Waals surface area contributed by atoms with Gasteiger partial charge in [-0.2, -0.15) is 5.26 Å². The van der Waals surface area contributed by atoms with Gasteiger partial charge in [0.15, 0.2) is 18.1 Å².